The van der Waals surface area contributed by atoms with Crippen molar-refractivity contribution in [1.82, 2.24) is 0 Å². The average molecular weight is 324 g/mol. The van der Waals surface area contributed by atoms with E-state index in [-0.39, 0.29) is 15.8 Å². The number of rotatable bonds is 3. The molecule has 0 fully saturated rings. The topological polar surface area (TPSA) is 9.23 Å². The first-order valence-electron chi connectivity index (χ1n) is 5.18. The summed E-state index contributed by atoms with van der Waals surface area (Å²) < 4.78 is 29.2. The molecule has 0 saturated heterocycles. The van der Waals surface area contributed by atoms with Crippen LogP contribution in [0.2, 0.25) is 15.1 Å². The van der Waals surface area contributed by atoms with Crippen molar-refractivity contribution >= 4 is 34.8 Å². The van der Waals surface area contributed by atoms with E-state index in [1.165, 1.54) is 12.1 Å². The van der Waals surface area contributed by atoms with Crippen molar-refractivity contribution in [3.63, 3.8) is 0 Å². The molecule has 0 unspecified atom stereocenters. The summed E-state index contributed by atoms with van der Waals surface area (Å²) in [6.45, 7) is -2.92. The predicted octanol–water partition coefficient (Wildman–Crippen LogP) is 5.92. The normalized spacial score (nSPS) is 10.8. The smallest absolute Gasteiger partial charge is 0.387 e. The number of alkyl halides is 2. The summed E-state index contributed by atoms with van der Waals surface area (Å²) in [5.41, 5.74) is 0.840. The molecular formula is C13H7Cl3F2O. The third-order valence-corrected chi connectivity index (χ3v) is 3.41. The molecule has 100 valence electrons. The van der Waals surface area contributed by atoms with Gasteiger partial charge in [0.1, 0.15) is 5.75 Å². The molecule has 0 aliphatic heterocycles. The maximum Gasteiger partial charge on any atom is 0.387 e. The summed E-state index contributed by atoms with van der Waals surface area (Å²) in [7, 11) is 0. The maximum atomic E-state index is 12.4. The largest absolute Gasteiger partial charge is 0.434 e. The fourth-order valence-electron chi connectivity index (χ4n) is 1.64. The zero-order valence-electron chi connectivity index (χ0n) is 9.34. The van der Waals surface area contributed by atoms with Crippen LogP contribution in [0, 0.1) is 0 Å². The Morgan fingerprint density at radius 3 is 2.32 bits per heavy atom. The minimum atomic E-state index is -2.92. The second-order valence-electron chi connectivity index (χ2n) is 3.62. The molecule has 0 N–H and O–H groups in total. The van der Waals surface area contributed by atoms with Gasteiger partial charge in [0.2, 0.25) is 0 Å². The number of halogens is 5. The molecule has 0 atom stereocenters. The standard InChI is InChI=1S/C13H7Cl3F2O/c14-7-5-9(12(16)10(15)6-7)8-3-1-2-4-11(8)19-13(17)18/h1-6,13H. The molecule has 0 spiro atoms. The van der Waals surface area contributed by atoms with Crippen LogP contribution in [-0.4, -0.2) is 6.61 Å². The number of ether oxygens (including phenoxy) is 1. The van der Waals surface area contributed by atoms with Gasteiger partial charge in [0.15, 0.2) is 0 Å². The summed E-state index contributed by atoms with van der Waals surface area (Å²) in [5, 5.41) is 0.837. The zero-order valence-corrected chi connectivity index (χ0v) is 11.6. The van der Waals surface area contributed by atoms with Crippen LogP contribution in [0.5, 0.6) is 5.75 Å². The molecular weight excluding hydrogens is 316 g/mol. The highest BCUT2D eigenvalue weighted by Gasteiger charge is 2.15. The number of hydrogen-bond acceptors (Lipinski definition) is 1. The van der Waals surface area contributed by atoms with Gasteiger partial charge in [0.05, 0.1) is 10.0 Å². The van der Waals surface area contributed by atoms with Gasteiger partial charge in [0.25, 0.3) is 0 Å². The Balaban J connectivity index is 2.59. The SMILES string of the molecule is FC(F)Oc1ccccc1-c1cc(Cl)cc(Cl)c1Cl. The van der Waals surface area contributed by atoms with E-state index in [2.05, 4.69) is 4.74 Å². The molecule has 0 radical (unpaired) electrons. The van der Waals surface area contributed by atoms with E-state index in [1.807, 2.05) is 0 Å². The Labute approximate surface area is 123 Å². The van der Waals surface area contributed by atoms with Crippen molar-refractivity contribution in [3.05, 3.63) is 51.5 Å². The highest BCUT2D eigenvalue weighted by Crippen LogP contribution is 2.40. The van der Waals surface area contributed by atoms with Crippen molar-refractivity contribution in [2.24, 2.45) is 0 Å². The molecule has 19 heavy (non-hydrogen) atoms. The molecule has 0 saturated carbocycles. The van der Waals surface area contributed by atoms with Crippen molar-refractivity contribution in [2.75, 3.05) is 0 Å². The third kappa shape index (κ3) is 3.30. The van der Waals surface area contributed by atoms with Crippen LogP contribution in [0.25, 0.3) is 11.1 Å². The summed E-state index contributed by atoms with van der Waals surface area (Å²) >= 11 is 17.9. The lowest BCUT2D eigenvalue weighted by Crippen LogP contribution is -2.03. The molecule has 6 heteroatoms. The molecule has 0 aliphatic carbocycles. The quantitative estimate of drug-likeness (QED) is 0.637. The molecule has 0 amide bonds. The van der Waals surface area contributed by atoms with Crippen molar-refractivity contribution in [1.29, 1.82) is 0 Å². The Kier molecular flexibility index (Phi) is 4.50. The highest BCUT2D eigenvalue weighted by atomic mass is 35.5. The van der Waals surface area contributed by atoms with Crippen molar-refractivity contribution < 1.29 is 13.5 Å². The fourth-order valence-corrected chi connectivity index (χ4v) is 2.34. The fraction of sp³-hybridized carbons (Fsp3) is 0.0769. The van der Waals surface area contributed by atoms with Gasteiger partial charge >= 0.3 is 6.61 Å². The summed E-state index contributed by atoms with van der Waals surface area (Å²) in [6, 6.07) is 9.31. The monoisotopic (exact) mass is 322 g/mol. The van der Waals surface area contributed by atoms with Crippen LogP contribution < -0.4 is 4.74 Å². The minimum Gasteiger partial charge on any atom is -0.434 e. The number of hydrogen-bond donors (Lipinski definition) is 0. The van der Waals surface area contributed by atoms with Crippen LogP contribution >= 0.6 is 34.8 Å². The molecule has 2 rings (SSSR count). The van der Waals surface area contributed by atoms with Gasteiger partial charge in [0, 0.05) is 16.1 Å². The van der Waals surface area contributed by atoms with Gasteiger partial charge in [-0.2, -0.15) is 8.78 Å². The Morgan fingerprint density at radius 2 is 1.63 bits per heavy atom. The van der Waals surface area contributed by atoms with Crippen LogP contribution in [0.3, 0.4) is 0 Å². The number of para-hydroxylation sites is 1. The van der Waals surface area contributed by atoms with Crippen LogP contribution in [-0.2, 0) is 0 Å². The van der Waals surface area contributed by atoms with Crippen molar-refractivity contribution in [2.45, 2.75) is 6.61 Å². The lowest BCUT2D eigenvalue weighted by molar-refractivity contribution is -0.0494. The summed E-state index contributed by atoms with van der Waals surface area (Å²) in [5.74, 6) is 0.0118. The second-order valence-corrected chi connectivity index (χ2v) is 4.85. The van der Waals surface area contributed by atoms with Gasteiger partial charge in [-0.3, -0.25) is 0 Å². The van der Waals surface area contributed by atoms with E-state index < -0.39 is 6.61 Å². The Morgan fingerprint density at radius 1 is 0.947 bits per heavy atom. The molecule has 0 bridgehead atoms. The van der Waals surface area contributed by atoms with E-state index in [4.69, 9.17) is 34.8 Å². The number of benzene rings is 2. The average Bonchev–Trinajstić information content (AvgIpc) is 2.34. The molecule has 0 aromatic heterocycles. The molecule has 2 aromatic carbocycles. The zero-order chi connectivity index (χ0) is 14.0. The third-order valence-electron chi connectivity index (χ3n) is 2.39. The van der Waals surface area contributed by atoms with Gasteiger partial charge < -0.3 is 4.74 Å². The first kappa shape index (κ1) is 14.4. The first-order valence-corrected chi connectivity index (χ1v) is 6.31. The van der Waals surface area contributed by atoms with E-state index in [0.29, 0.717) is 16.1 Å². The van der Waals surface area contributed by atoms with Gasteiger partial charge in [-0.1, -0.05) is 53.0 Å². The van der Waals surface area contributed by atoms with Crippen LogP contribution in [0.15, 0.2) is 36.4 Å². The van der Waals surface area contributed by atoms with E-state index in [0.717, 1.165) is 0 Å². The predicted molar refractivity (Wildman–Crippen MR) is 73.5 cm³/mol. The van der Waals surface area contributed by atoms with E-state index in [1.54, 1.807) is 24.3 Å². The maximum absolute atomic E-state index is 12.4. The van der Waals surface area contributed by atoms with Crippen LogP contribution in [0.4, 0.5) is 8.78 Å². The Hall–Kier alpha value is -1.03. The minimum absolute atomic E-state index is 0.0118. The van der Waals surface area contributed by atoms with Gasteiger partial charge in [-0.05, 0) is 18.2 Å². The first-order chi connectivity index (χ1) is 8.99. The summed E-state index contributed by atoms with van der Waals surface area (Å²) in [6.07, 6.45) is 0. The highest BCUT2D eigenvalue weighted by molar-refractivity contribution is 6.45. The van der Waals surface area contributed by atoms with E-state index in [9.17, 15) is 8.78 Å². The summed E-state index contributed by atoms with van der Waals surface area (Å²) in [4.78, 5) is 0. The molecule has 2 aromatic rings. The molecule has 1 nitrogen and oxygen atoms in total. The molecule has 0 aliphatic rings. The lowest BCUT2D eigenvalue weighted by Gasteiger charge is -2.12. The van der Waals surface area contributed by atoms with E-state index >= 15 is 0 Å². The van der Waals surface area contributed by atoms with Gasteiger partial charge in [-0.15, -0.1) is 0 Å². The van der Waals surface area contributed by atoms with Crippen molar-refractivity contribution in [3.8, 4) is 16.9 Å². The second kappa shape index (κ2) is 5.95. The van der Waals surface area contributed by atoms with Gasteiger partial charge in [-0.25, -0.2) is 0 Å². The lowest BCUT2D eigenvalue weighted by atomic mass is 10.0. The molecule has 0 heterocycles. The van der Waals surface area contributed by atoms with Crippen LogP contribution in [0.1, 0.15) is 0 Å². The Bertz CT molecular complexity index is 602.